The number of hydrogen-bond donors (Lipinski definition) is 1. The molecule has 0 bridgehead atoms. The van der Waals surface area contributed by atoms with E-state index in [0.29, 0.717) is 32.2 Å². The molecule has 0 aromatic heterocycles. The van der Waals surface area contributed by atoms with Crippen molar-refractivity contribution in [1.29, 1.82) is 0 Å². The maximum absolute atomic E-state index is 13.2. The zero-order valence-electron chi connectivity index (χ0n) is 32.0. The Morgan fingerprint density at radius 1 is 0.655 bits per heavy atom. The number of carbonyl (C=O) groups excluding carboxylic acids is 2. The van der Waals surface area contributed by atoms with E-state index in [1.165, 1.54) is 24.3 Å². The second-order valence-electron chi connectivity index (χ2n) is 15.8. The topological polar surface area (TPSA) is 86.3 Å². The van der Waals surface area contributed by atoms with Gasteiger partial charge < -0.3 is 24.3 Å². The van der Waals surface area contributed by atoms with Gasteiger partial charge in [0.15, 0.2) is 0 Å². The van der Waals surface area contributed by atoms with Crippen LogP contribution >= 0.6 is 0 Å². The van der Waals surface area contributed by atoms with Crippen molar-refractivity contribution in [3.8, 4) is 11.5 Å². The Kier molecular flexibility index (Phi) is 13.6. The van der Waals surface area contributed by atoms with Gasteiger partial charge in [-0.2, -0.15) is 26.3 Å². The average molecular weight is 781 g/mol. The van der Waals surface area contributed by atoms with Crippen LogP contribution in [0.3, 0.4) is 0 Å². The molecular weight excluding hydrogens is 730 g/mol. The highest BCUT2D eigenvalue weighted by atomic mass is 19.4. The number of likely N-dealkylation sites (tertiary alicyclic amines) is 1. The number of halogens is 6. The summed E-state index contributed by atoms with van der Waals surface area (Å²) in [7, 11) is 0. The normalized spacial score (nSPS) is 21.1. The molecule has 14 heteroatoms. The fourth-order valence-electron chi connectivity index (χ4n) is 6.17. The third kappa shape index (κ3) is 12.9. The molecule has 2 aliphatic rings. The van der Waals surface area contributed by atoms with Crippen molar-refractivity contribution in [2.24, 2.45) is 0 Å². The number of rotatable bonds is 8. The first-order valence-electron chi connectivity index (χ1n) is 18.2. The van der Waals surface area contributed by atoms with E-state index in [1.54, 1.807) is 41.5 Å². The molecule has 3 aromatic carbocycles. The van der Waals surface area contributed by atoms with Gasteiger partial charge in [0.05, 0.1) is 11.1 Å². The van der Waals surface area contributed by atoms with Crippen LogP contribution in [0, 0.1) is 0 Å². The van der Waals surface area contributed by atoms with Gasteiger partial charge in [-0.05, 0) is 122 Å². The van der Waals surface area contributed by atoms with E-state index in [2.05, 4.69) is 10.2 Å². The average Bonchev–Trinajstić information content (AvgIpc) is 3.08. The highest BCUT2D eigenvalue weighted by molar-refractivity contribution is 5.81. The third-order valence-corrected chi connectivity index (χ3v) is 8.66. The molecule has 3 aromatic rings. The molecule has 5 rings (SSSR count). The summed E-state index contributed by atoms with van der Waals surface area (Å²) in [6.45, 7) is 13.3. The summed E-state index contributed by atoms with van der Waals surface area (Å²) in [5.74, 6) is -0.599. The van der Waals surface area contributed by atoms with Crippen LogP contribution in [0.4, 0.5) is 26.3 Å². The highest BCUT2D eigenvalue weighted by Gasteiger charge is 2.48. The van der Waals surface area contributed by atoms with Crippen LogP contribution in [0.25, 0.3) is 0 Å². The van der Waals surface area contributed by atoms with Gasteiger partial charge in [-0.25, -0.2) is 9.59 Å². The first-order valence-corrected chi connectivity index (χ1v) is 18.2. The fraction of sp³-hybridized carbons (Fsp3) is 0.512. The first kappa shape index (κ1) is 43.4. The van der Waals surface area contributed by atoms with Crippen molar-refractivity contribution in [3.05, 3.63) is 95.6 Å². The van der Waals surface area contributed by atoms with Gasteiger partial charge in [0, 0.05) is 32.5 Å². The van der Waals surface area contributed by atoms with Crippen LogP contribution in [0.2, 0.25) is 0 Å². The van der Waals surface area contributed by atoms with Crippen molar-refractivity contribution in [3.63, 3.8) is 0 Å². The lowest BCUT2D eigenvalue weighted by molar-refractivity contribution is -0.179. The summed E-state index contributed by atoms with van der Waals surface area (Å²) < 4.78 is 99.7. The number of nitrogens with one attached hydrogen (secondary N) is 1. The summed E-state index contributed by atoms with van der Waals surface area (Å²) in [4.78, 5) is 27.9. The monoisotopic (exact) mass is 780 g/mol. The van der Waals surface area contributed by atoms with Gasteiger partial charge in [0.2, 0.25) is 11.2 Å². The van der Waals surface area contributed by atoms with Crippen molar-refractivity contribution in [2.75, 3.05) is 26.2 Å². The van der Waals surface area contributed by atoms with Crippen LogP contribution in [-0.2, 0) is 38.0 Å². The van der Waals surface area contributed by atoms with Crippen LogP contribution < -0.4 is 14.8 Å². The van der Waals surface area contributed by atoms with E-state index in [0.717, 1.165) is 42.9 Å². The Balaban J connectivity index is 0.000000253. The van der Waals surface area contributed by atoms with Crippen LogP contribution in [-0.4, -0.2) is 65.4 Å². The van der Waals surface area contributed by atoms with Gasteiger partial charge in [-0.1, -0.05) is 30.3 Å². The zero-order valence-corrected chi connectivity index (χ0v) is 32.0. The molecule has 0 spiro atoms. The maximum atomic E-state index is 13.2. The molecule has 0 amide bonds. The van der Waals surface area contributed by atoms with Crippen LogP contribution in [0.15, 0.2) is 78.9 Å². The van der Waals surface area contributed by atoms with E-state index in [-0.39, 0.29) is 24.6 Å². The quantitative estimate of drug-likeness (QED) is 0.179. The van der Waals surface area contributed by atoms with Crippen molar-refractivity contribution in [2.45, 2.75) is 109 Å². The van der Waals surface area contributed by atoms with E-state index in [4.69, 9.17) is 18.9 Å². The number of piperidine rings is 2. The Morgan fingerprint density at radius 3 is 1.55 bits per heavy atom. The molecule has 2 fully saturated rings. The number of carbonyl (C=O) groups is 2. The number of esters is 2. The summed E-state index contributed by atoms with van der Waals surface area (Å²) in [5, 5.41) is 3.09. The summed E-state index contributed by atoms with van der Waals surface area (Å²) in [6, 6.07) is 18.6. The van der Waals surface area contributed by atoms with Crippen molar-refractivity contribution < 1.29 is 54.9 Å². The van der Waals surface area contributed by atoms with Gasteiger partial charge in [0.25, 0.3) is 0 Å². The second-order valence-corrected chi connectivity index (χ2v) is 15.8. The minimum atomic E-state index is -4.43. The zero-order chi connectivity index (χ0) is 40.7. The predicted octanol–water partition coefficient (Wildman–Crippen LogP) is 9.01. The molecule has 2 saturated heterocycles. The molecule has 0 saturated carbocycles. The van der Waals surface area contributed by atoms with Gasteiger partial charge >= 0.3 is 24.3 Å². The molecule has 8 nitrogen and oxygen atoms in total. The smallest absolute Gasteiger partial charge is 0.416 e. The molecule has 1 N–H and O–H groups in total. The molecule has 2 unspecified atom stereocenters. The summed E-state index contributed by atoms with van der Waals surface area (Å²) in [5.41, 5.74) is -4.33. The molecule has 302 valence electrons. The largest absolute Gasteiger partial charge is 0.474 e. The molecule has 2 atom stereocenters. The minimum absolute atomic E-state index is 0.206. The van der Waals surface area contributed by atoms with E-state index in [1.807, 2.05) is 30.3 Å². The fourth-order valence-corrected chi connectivity index (χ4v) is 6.17. The maximum Gasteiger partial charge on any atom is 0.416 e. The lowest BCUT2D eigenvalue weighted by Crippen LogP contribution is -2.58. The molecule has 2 aliphatic heterocycles. The van der Waals surface area contributed by atoms with Gasteiger partial charge in [-0.15, -0.1) is 0 Å². The Labute approximate surface area is 318 Å². The summed E-state index contributed by atoms with van der Waals surface area (Å²) in [6.07, 6.45) is -6.57. The SMILES string of the molecule is CC(C)(C)OC(=O)C1(Oc2ccc(C(F)(F)F)cc2)CCCN(Cc2ccccc2)C1.CC(C)(C)OC(=O)C1(Oc2ccc(C(F)(F)F)cc2)CCCNC1. The standard InChI is InChI=1S/C24H28F3NO3.C17H22F3NO3/c1-22(2,3)31-21(29)23(30-20-12-10-19(11-13-20)24(25,26)27)14-7-15-28(17-23)16-18-8-5-4-6-9-18;1-15(2,3)24-14(22)16(9-4-10-21-11-16)23-13-7-5-12(6-8-13)17(18,19)20/h4-6,8-13H,7,14-17H2,1-3H3;5-8,21H,4,9-11H2,1-3H3. The Morgan fingerprint density at radius 2 is 1.11 bits per heavy atom. The minimum Gasteiger partial charge on any atom is -0.474 e. The third-order valence-electron chi connectivity index (χ3n) is 8.66. The number of nitrogens with zero attached hydrogens (tertiary/aromatic N) is 1. The second kappa shape index (κ2) is 17.2. The van der Waals surface area contributed by atoms with Crippen LogP contribution in [0.5, 0.6) is 11.5 Å². The number of ether oxygens (including phenoxy) is 4. The van der Waals surface area contributed by atoms with E-state index < -0.39 is 57.8 Å². The molecule has 0 aliphatic carbocycles. The van der Waals surface area contributed by atoms with Gasteiger partial charge in [0.1, 0.15) is 22.7 Å². The van der Waals surface area contributed by atoms with Crippen LogP contribution in [0.1, 0.15) is 83.9 Å². The molecular formula is C41H50F6N2O6. The van der Waals surface area contributed by atoms with Gasteiger partial charge in [-0.3, -0.25) is 4.90 Å². The summed E-state index contributed by atoms with van der Waals surface area (Å²) >= 11 is 0. The highest BCUT2D eigenvalue weighted by Crippen LogP contribution is 2.35. The van der Waals surface area contributed by atoms with E-state index in [9.17, 15) is 35.9 Å². The molecule has 55 heavy (non-hydrogen) atoms. The van der Waals surface area contributed by atoms with E-state index >= 15 is 0 Å². The van der Waals surface area contributed by atoms with Crippen molar-refractivity contribution in [1.82, 2.24) is 10.2 Å². The molecule has 2 heterocycles. The predicted molar refractivity (Wildman–Crippen MR) is 194 cm³/mol. The Hall–Kier alpha value is -4.30. The first-order chi connectivity index (χ1) is 25.5. The Bertz CT molecular complexity index is 1700. The number of hydrogen-bond acceptors (Lipinski definition) is 8. The number of benzene rings is 3. The molecule has 0 radical (unpaired) electrons. The number of alkyl halides is 6. The lowest BCUT2D eigenvalue weighted by atomic mass is 9.91. The lowest BCUT2D eigenvalue weighted by Gasteiger charge is -2.42. The van der Waals surface area contributed by atoms with Crippen molar-refractivity contribution >= 4 is 11.9 Å².